The largest absolute Gasteiger partial charge is 0.497 e. The summed E-state index contributed by atoms with van der Waals surface area (Å²) in [6.07, 6.45) is 0.489. The molecule has 6 nitrogen and oxygen atoms in total. The summed E-state index contributed by atoms with van der Waals surface area (Å²) in [5, 5.41) is 6.20. The molecule has 0 aromatic heterocycles. The van der Waals surface area contributed by atoms with Crippen molar-refractivity contribution in [1.82, 2.24) is 5.01 Å². The van der Waals surface area contributed by atoms with Crippen LogP contribution in [0.1, 0.15) is 40.9 Å². The minimum Gasteiger partial charge on any atom is -0.497 e. The van der Waals surface area contributed by atoms with Gasteiger partial charge in [-0.1, -0.05) is 48.5 Å². The van der Waals surface area contributed by atoms with Crippen molar-refractivity contribution in [2.75, 3.05) is 7.11 Å². The maximum absolute atomic E-state index is 13.3. The zero-order valence-corrected chi connectivity index (χ0v) is 17.3. The summed E-state index contributed by atoms with van der Waals surface area (Å²) in [5.74, 6) is 0.291. The molecule has 1 amide bonds. The van der Waals surface area contributed by atoms with E-state index in [1.54, 1.807) is 37.4 Å². The lowest BCUT2D eigenvalue weighted by molar-refractivity contribution is -0.131. The number of nitrogens with zero attached hydrogens (tertiary/aromatic N) is 2. The zero-order chi connectivity index (χ0) is 21.8. The van der Waals surface area contributed by atoms with Crippen molar-refractivity contribution in [1.29, 1.82) is 0 Å². The van der Waals surface area contributed by atoms with Crippen LogP contribution in [-0.2, 0) is 4.79 Å². The van der Waals surface area contributed by atoms with Crippen LogP contribution in [0.2, 0.25) is 0 Å². The lowest BCUT2D eigenvalue weighted by atomic mass is 9.97. The molecule has 1 aliphatic heterocycles. The first-order valence-electron chi connectivity index (χ1n) is 9.94. The number of rotatable bonds is 5. The number of carbonyl (C=O) groups is 2. The van der Waals surface area contributed by atoms with Crippen LogP contribution < -0.4 is 9.47 Å². The number of carbonyl (C=O) groups excluding carboxylic acids is 2. The van der Waals surface area contributed by atoms with Crippen molar-refractivity contribution in [2.45, 2.75) is 19.4 Å². The van der Waals surface area contributed by atoms with E-state index in [0.29, 0.717) is 34.8 Å². The van der Waals surface area contributed by atoms with E-state index in [1.165, 1.54) is 11.9 Å². The Bertz CT molecular complexity index is 1130. The Kier molecular flexibility index (Phi) is 5.80. The molecular formula is C25H22N2O4. The van der Waals surface area contributed by atoms with Gasteiger partial charge in [0, 0.05) is 30.5 Å². The van der Waals surface area contributed by atoms with E-state index in [-0.39, 0.29) is 11.9 Å². The summed E-state index contributed by atoms with van der Waals surface area (Å²) in [5.41, 5.74) is 2.86. The fraction of sp³-hybridized carbons (Fsp3) is 0.160. The molecule has 0 saturated heterocycles. The number of benzene rings is 3. The Hall–Kier alpha value is -3.93. The topological polar surface area (TPSA) is 68.2 Å². The molecule has 3 aromatic carbocycles. The van der Waals surface area contributed by atoms with Crippen molar-refractivity contribution in [3.8, 4) is 11.5 Å². The summed E-state index contributed by atoms with van der Waals surface area (Å²) in [4.78, 5) is 24.9. The maximum Gasteiger partial charge on any atom is 0.308 e. The van der Waals surface area contributed by atoms with Gasteiger partial charge >= 0.3 is 5.97 Å². The predicted octanol–water partition coefficient (Wildman–Crippen LogP) is 4.61. The smallest absolute Gasteiger partial charge is 0.308 e. The van der Waals surface area contributed by atoms with Crippen LogP contribution in [0, 0.1) is 0 Å². The highest BCUT2D eigenvalue weighted by Crippen LogP contribution is 2.37. The highest BCUT2D eigenvalue weighted by molar-refractivity contribution is 6.07. The van der Waals surface area contributed by atoms with Gasteiger partial charge in [-0.3, -0.25) is 9.59 Å². The highest BCUT2D eigenvalue weighted by atomic mass is 16.5. The molecule has 4 rings (SSSR count). The SMILES string of the molecule is COc1ccc(C2=NN(C(=O)c3ccccc3)[C@@H](c3ccccc3)C2)c(OC(C)=O)c1. The molecule has 1 atom stereocenters. The van der Waals surface area contributed by atoms with Gasteiger partial charge in [0.25, 0.3) is 5.91 Å². The quantitative estimate of drug-likeness (QED) is 0.452. The third-order valence-corrected chi connectivity index (χ3v) is 5.08. The molecule has 31 heavy (non-hydrogen) atoms. The van der Waals surface area contributed by atoms with Gasteiger partial charge in [-0.05, 0) is 29.8 Å². The van der Waals surface area contributed by atoms with E-state index in [0.717, 1.165) is 5.56 Å². The van der Waals surface area contributed by atoms with Gasteiger partial charge < -0.3 is 9.47 Å². The van der Waals surface area contributed by atoms with Crippen molar-refractivity contribution in [2.24, 2.45) is 5.10 Å². The van der Waals surface area contributed by atoms with E-state index >= 15 is 0 Å². The first-order valence-corrected chi connectivity index (χ1v) is 9.94. The van der Waals surface area contributed by atoms with Crippen LogP contribution in [0.15, 0.2) is 84.0 Å². The molecule has 1 heterocycles. The van der Waals surface area contributed by atoms with Crippen molar-refractivity contribution in [3.63, 3.8) is 0 Å². The Morgan fingerprint density at radius 2 is 1.65 bits per heavy atom. The van der Waals surface area contributed by atoms with Crippen LogP contribution >= 0.6 is 0 Å². The average Bonchev–Trinajstić information content (AvgIpc) is 3.24. The lowest BCUT2D eigenvalue weighted by Gasteiger charge is -2.22. The first kappa shape index (κ1) is 20.3. The van der Waals surface area contributed by atoms with Crippen LogP contribution in [0.4, 0.5) is 0 Å². The van der Waals surface area contributed by atoms with Gasteiger partial charge in [-0.2, -0.15) is 5.10 Å². The maximum atomic E-state index is 13.3. The van der Waals surface area contributed by atoms with Crippen molar-refractivity contribution >= 4 is 17.6 Å². The second kappa shape index (κ2) is 8.83. The van der Waals surface area contributed by atoms with Crippen molar-refractivity contribution < 1.29 is 19.1 Å². The molecule has 6 heteroatoms. The van der Waals surface area contributed by atoms with Gasteiger partial charge in [0.2, 0.25) is 0 Å². The number of hydrogen-bond acceptors (Lipinski definition) is 5. The van der Waals surface area contributed by atoms with Crippen LogP contribution in [0.3, 0.4) is 0 Å². The van der Waals surface area contributed by atoms with E-state index < -0.39 is 5.97 Å². The van der Waals surface area contributed by atoms with Gasteiger partial charge in [0.05, 0.1) is 18.9 Å². The number of hydrazone groups is 1. The van der Waals surface area contributed by atoms with E-state index in [2.05, 4.69) is 5.10 Å². The summed E-state index contributed by atoms with van der Waals surface area (Å²) in [6.45, 7) is 1.34. The van der Waals surface area contributed by atoms with Gasteiger partial charge in [-0.25, -0.2) is 5.01 Å². The Balaban J connectivity index is 1.77. The molecule has 3 aromatic rings. The summed E-state index contributed by atoms with van der Waals surface area (Å²) in [6, 6.07) is 23.8. The number of amides is 1. The third-order valence-electron chi connectivity index (χ3n) is 5.08. The van der Waals surface area contributed by atoms with Crippen molar-refractivity contribution in [3.05, 3.63) is 95.6 Å². The number of hydrogen-bond donors (Lipinski definition) is 0. The van der Waals surface area contributed by atoms with Gasteiger partial charge in [-0.15, -0.1) is 0 Å². The molecule has 0 bridgehead atoms. The van der Waals surface area contributed by atoms with Crippen LogP contribution in [0.5, 0.6) is 11.5 Å². The second-order valence-electron chi connectivity index (χ2n) is 7.15. The first-order chi connectivity index (χ1) is 15.1. The number of methoxy groups -OCH3 is 1. The second-order valence-corrected chi connectivity index (χ2v) is 7.15. The molecule has 0 unspecified atom stereocenters. The Morgan fingerprint density at radius 1 is 0.968 bits per heavy atom. The summed E-state index contributed by atoms with van der Waals surface area (Å²) in [7, 11) is 1.55. The van der Waals surface area contributed by atoms with E-state index in [4.69, 9.17) is 9.47 Å². The lowest BCUT2D eigenvalue weighted by Crippen LogP contribution is -2.27. The molecule has 0 aliphatic carbocycles. The monoisotopic (exact) mass is 414 g/mol. The minimum atomic E-state index is -0.440. The number of ether oxygens (including phenoxy) is 2. The molecule has 1 aliphatic rings. The molecule has 0 spiro atoms. The highest BCUT2D eigenvalue weighted by Gasteiger charge is 2.34. The van der Waals surface area contributed by atoms with Crippen LogP contribution in [0.25, 0.3) is 0 Å². The number of esters is 1. The van der Waals surface area contributed by atoms with Gasteiger partial charge in [0.1, 0.15) is 11.5 Å². The third kappa shape index (κ3) is 4.33. The van der Waals surface area contributed by atoms with Gasteiger partial charge in [0.15, 0.2) is 0 Å². The average molecular weight is 414 g/mol. The van der Waals surface area contributed by atoms with Crippen LogP contribution in [-0.4, -0.2) is 29.7 Å². The Labute approximate surface area is 180 Å². The predicted molar refractivity (Wildman–Crippen MR) is 117 cm³/mol. The minimum absolute atomic E-state index is 0.188. The standard InChI is InChI=1S/C25H22N2O4/c1-17(28)31-24-15-20(30-2)13-14-21(24)22-16-23(18-9-5-3-6-10-18)27(26-22)25(29)19-11-7-4-8-12-19/h3-15,23H,16H2,1-2H3/t23-/m1/s1. The molecule has 0 radical (unpaired) electrons. The molecule has 156 valence electrons. The summed E-state index contributed by atoms with van der Waals surface area (Å²) >= 11 is 0. The fourth-order valence-corrected chi connectivity index (χ4v) is 3.62. The summed E-state index contributed by atoms with van der Waals surface area (Å²) < 4.78 is 10.7. The molecule has 0 fully saturated rings. The Morgan fingerprint density at radius 3 is 2.29 bits per heavy atom. The fourth-order valence-electron chi connectivity index (χ4n) is 3.62. The molecule has 0 N–H and O–H groups in total. The molecule has 0 saturated carbocycles. The normalized spacial score (nSPS) is 15.4. The zero-order valence-electron chi connectivity index (χ0n) is 17.3. The van der Waals surface area contributed by atoms with E-state index in [1.807, 2.05) is 48.5 Å². The molecular weight excluding hydrogens is 392 g/mol. The van der Waals surface area contributed by atoms with E-state index in [9.17, 15) is 9.59 Å².